The van der Waals surface area contributed by atoms with E-state index >= 15 is 0 Å². The number of aromatic nitrogens is 4. The molecule has 1 atom stereocenters. The summed E-state index contributed by atoms with van der Waals surface area (Å²) in [6, 6.07) is 6.33. The Morgan fingerprint density at radius 3 is 2.72 bits per heavy atom. The maximum absolute atomic E-state index is 13.9. The molecule has 3 rings (SSSR count). The lowest BCUT2D eigenvalue weighted by Gasteiger charge is -2.15. The SMILES string of the molecule is CCCCn1c(=O)[nH]c(C(Cc2cnn(Cc3ccccc3F)c2)OC)c([N+](=O)[O-])c1=O. The molecule has 0 aliphatic rings. The van der Waals surface area contributed by atoms with Crippen molar-refractivity contribution >= 4 is 5.69 Å². The zero-order chi connectivity index (χ0) is 23.3. The summed E-state index contributed by atoms with van der Waals surface area (Å²) in [5.41, 5.74) is -1.49. The first-order chi connectivity index (χ1) is 15.3. The van der Waals surface area contributed by atoms with Gasteiger partial charge in [0, 0.05) is 31.8 Å². The number of aromatic amines is 1. The Balaban J connectivity index is 1.90. The van der Waals surface area contributed by atoms with Gasteiger partial charge >= 0.3 is 16.9 Å². The molecular weight excluding hydrogens is 421 g/mol. The number of nitrogens with one attached hydrogen (secondary N) is 1. The molecule has 32 heavy (non-hydrogen) atoms. The standard InChI is InChI=1S/C21H24FN5O5/c1-3-4-9-26-20(28)19(27(30)31)18(24-21(26)29)17(32-2)10-14-11-23-25(12-14)13-15-7-5-6-8-16(15)22/h5-8,11-12,17H,3-4,9-10,13H2,1-2H3,(H,24,29). The number of ether oxygens (including phenoxy) is 1. The second kappa shape index (κ2) is 10.1. The average molecular weight is 445 g/mol. The van der Waals surface area contributed by atoms with Crippen LogP contribution in [-0.2, 0) is 24.2 Å². The third kappa shape index (κ3) is 4.99. The highest BCUT2D eigenvalue weighted by Gasteiger charge is 2.30. The van der Waals surface area contributed by atoms with Gasteiger partial charge in [-0.05, 0) is 18.1 Å². The summed E-state index contributed by atoms with van der Waals surface area (Å²) in [6.45, 7) is 2.18. The fourth-order valence-corrected chi connectivity index (χ4v) is 3.42. The largest absolute Gasteiger partial charge is 0.375 e. The summed E-state index contributed by atoms with van der Waals surface area (Å²) in [6.07, 6.45) is 3.60. The van der Waals surface area contributed by atoms with Crippen molar-refractivity contribution in [2.24, 2.45) is 0 Å². The van der Waals surface area contributed by atoms with Crippen molar-refractivity contribution in [3.8, 4) is 0 Å². The van der Waals surface area contributed by atoms with E-state index in [1.54, 1.807) is 24.4 Å². The van der Waals surface area contributed by atoms with E-state index in [4.69, 9.17) is 4.74 Å². The van der Waals surface area contributed by atoms with E-state index in [-0.39, 0.29) is 31.0 Å². The van der Waals surface area contributed by atoms with Crippen LogP contribution in [0, 0.1) is 15.9 Å². The lowest BCUT2D eigenvalue weighted by molar-refractivity contribution is -0.388. The van der Waals surface area contributed by atoms with Gasteiger partial charge in [-0.2, -0.15) is 5.10 Å². The average Bonchev–Trinajstić information content (AvgIpc) is 3.19. The van der Waals surface area contributed by atoms with Crippen molar-refractivity contribution in [1.29, 1.82) is 0 Å². The van der Waals surface area contributed by atoms with E-state index in [1.165, 1.54) is 24.1 Å². The van der Waals surface area contributed by atoms with E-state index in [1.807, 2.05) is 6.92 Å². The van der Waals surface area contributed by atoms with Gasteiger partial charge < -0.3 is 9.72 Å². The Bertz CT molecular complexity index is 1220. The number of unbranched alkanes of at least 4 members (excludes halogenated alkanes) is 1. The van der Waals surface area contributed by atoms with Crippen LogP contribution in [0.5, 0.6) is 0 Å². The predicted molar refractivity (Wildman–Crippen MR) is 114 cm³/mol. The van der Waals surface area contributed by atoms with E-state index in [0.29, 0.717) is 17.5 Å². The lowest BCUT2D eigenvalue weighted by atomic mass is 10.1. The molecule has 0 saturated heterocycles. The van der Waals surface area contributed by atoms with Gasteiger partial charge in [0.2, 0.25) is 0 Å². The minimum absolute atomic E-state index is 0.0895. The first-order valence-corrected chi connectivity index (χ1v) is 10.1. The quantitative estimate of drug-likeness (QED) is 0.378. The van der Waals surface area contributed by atoms with Crippen LogP contribution in [0.25, 0.3) is 0 Å². The molecular formula is C21H24FN5O5. The smallest absolute Gasteiger partial charge is 0.356 e. The second-order valence-electron chi connectivity index (χ2n) is 7.33. The van der Waals surface area contributed by atoms with Crippen LogP contribution in [0.1, 0.15) is 42.7 Å². The highest BCUT2D eigenvalue weighted by molar-refractivity contribution is 5.35. The van der Waals surface area contributed by atoms with Crippen LogP contribution in [-0.4, -0.2) is 31.4 Å². The monoisotopic (exact) mass is 445 g/mol. The van der Waals surface area contributed by atoms with E-state index in [9.17, 15) is 24.1 Å². The van der Waals surface area contributed by atoms with E-state index in [2.05, 4.69) is 10.1 Å². The zero-order valence-corrected chi connectivity index (χ0v) is 17.8. The summed E-state index contributed by atoms with van der Waals surface area (Å²) in [4.78, 5) is 38.4. The van der Waals surface area contributed by atoms with Crippen molar-refractivity contribution in [3.63, 3.8) is 0 Å². The van der Waals surface area contributed by atoms with Crippen LogP contribution in [0.4, 0.5) is 10.1 Å². The maximum atomic E-state index is 13.9. The number of hydrogen-bond acceptors (Lipinski definition) is 6. The molecule has 0 spiro atoms. The van der Waals surface area contributed by atoms with Crippen molar-refractivity contribution in [3.05, 3.63) is 90.2 Å². The second-order valence-corrected chi connectivity index (χ2v) is 7.33. The topological polar surface area (TPSA) is 125 Å². The molecule has 1 unspecified atom stereocenters. The first-order valence-electron chi connectivity index (χ1n) is 10.1. The summed E-state index contributed by atoms with van der Waals surface area (Å²) in [5, 5.41) is 15.9. The summed E-state index contributed by atoms with van der Waals surface area (Å²) in [7, 11) is 1.33. The molecule has 1 aromatic carbocycles. The Morgan fingerprint density at radius 2 is 2.06 bits per heavy atom. The highest BCUT2D eigenvalue weighted by atomic mass is 19.1. The number of H-pyrrole nitrogens is 1. The lowest BCUT2D eigenvalue weighted by Crippen LogP contribution is -2.38. The molecule has 2 heterocycles. The van der Waals surface area contributed by atoms with E-state index in [0.717, 1.165) is 11.0 Å². The number of methoxy groups -OCH3 is 1. The predicted octanol–water partition coefficient (Wildman–Crippen LogP) is 2.56. The Hall–Kier alpha value is -3.60. The third-order valence-electron chi connectivity index (χ3n) is 5.11. The fourth-order valence-electron chi connectivity index (χ4n) is 3.42. The Labute approximate surface area is 182 Å². The number of nitro groups is 1. The normalized spacial score (nSPS) is 12.1. The zero-order valence-electron chi connectivity index (χ0n) is 17.8. The van der Waals surface area contributed by atoms with Crippen molar-refractivity contribution < 1.29 is 14.1 Å². The molecule has 11 heteroatoms. The van der Waals surface area contributed by atoms with Crippen molar-refractivity contribution in [1.82, 2.24) is 19.3 Å². The van der Waals surface area contributed by atoms with Gasteiger partial charge in [0.15, 0.2) is 0 Å². The summed E-state index contributed by atoms with van der Waals surface area (Å²) < 4.78 is 21.6. The molecule has 2 aromatic heterocycles. The number of hydrogen-bond donors (Lipinski definition) is 1. The van der Waals surface area contributed by atoms with Crippen molar-refractivity contribution in [2.45, 2.75) is 45.4 Å². The van der Waals surface area contributed by atoms with Gasteiger partial charge in [0.05, 0.1) is 17.7 Å². The number of halogens is 1. The first kappa shape index (κ1) is 23.1. The summed E-state index contributed by atoms with van der Waals surface area (Å²) in [5.74, 6) is -0.351. The van der Waals surface area contributed by atoms with Crippen LogP contribution in [0.3, 0.4) is 0 Å². The Morgan fingerprint density at radius 1 is 1.31 bits per heavy atom. The molecule has 10 nitrogen and oxygen atoms in total. The van der Waals surface area contributed by atoms with Gasteiger partial charge in [0.25, 0.3) is 0 Å². The maximum Gasteiger partial charge on any atom is 0.356 e. The van der Waals surface area contributed by atoms with Crippen LogP contribution >= 0.6 is 0 Å². The van der Waals surface area contributed by atoms with Crippen molar-refractivity contribution in [2.75, 3.05) is 7.11 Å². The molecule has 0 aliphatic carbocycles. The van der Waals surface area contributed by atoms with Crippen LogP contribution in [0.2, 0.25) is 0 Å². The Kier molecular flexibility index (Phi) is 7.31. The third-order valence-corrected chi connectivity index (χ3v) is 5.11. The van der Waals surface area contributed by atoms with Gasteiger partial charge in [-0.3, -0.25) is 24.2 Å². The molecule has 1 N–H and O–H groups in total. The minimum atomic E-state index is -0.959. The van der Waals surface area contributed by atoms with Gasteiger partial charge in [-0.15, -0.1) is 0 Å². The van der Waals surface area contributed by atoms with Crippen LogP contribution < -0.4 is 11.2 Å². The molecule has 0 radical (unpaired) electrons. The summed E-state index contributed by atoms with van der Waals surface area (Å²) >= 11 is 0. The number of benzene rings is 1. The van der Waals surface area contributed by atoms with Gasteiger partial charge in [-0.25, -0.2) is 9.18 Å². The number of nitrogens with zero attached hydrogens (tertiary/aromatic N) is 4. The molecule has 3 aromatic rings. The molecule has 0 amide bonds. The van der Waals surface area contributed by atoms with Crippen LogP contribution in [0.15, 0.2) is 46.2 Å². The molecule has 0 saturated carbocycles. The van der Waals surface area contributed by atoms with E-state index < -0.39 is 28.0 Å². The van der Waals surface area contributed by atoms with Gasteiger partial charge in [-0.1, -0.05) is 31.5 Å². The van der Waals surface area contributed by atoms with Gasteiger partial charge in [0.1, 0.15) is 17.6 Å². The molecule has 0 bridgehead atoms. The minimum Gasteiger partial charge on any atom is -0.375 e. The highest BCUT2D eigenvalue weighted by Crippen LogP contribution is 2.25. The number of rotatable bonds is 10. The molecule has 0 aliphatic heterocycles. The molecule has 0 fully saturated rings. The molecule has 170 valence electrons. The fraction of sp³-hybridized carbons (Fsp3) is 0.381.